The van der Waals surface area contributed by atoms with Crippen LogP contribution in [-0.4, -0.2) is 26.2 Å². The molecule has 2 heterocycles. The molecule has 0 amide bonds. The van der Waals surface area contributed by atoms with E-state index in [-0.39, 0.29) is 6.71 Å². The van der Waals surface area contributed by atoms with Gasteiger partial charge in [-0.25, -0.2) is 0 Å². The van der Waals surface area contributed by atoms with Crippen LogP contribution in [-0.2, 0) is 0 Å². The standard InChI is InChI=1S/C71H63BN4/c1-73-38-37-66(74-2)61-47-69-71-70(48-61)76(63-43-59(53-29-17-7-18-30-53)40-60(44-63)54-31-19-8-20-32-54)68-36-34-56(50-23-11-4-12-24-50)46-65(68)72(71)64-45-55(49-21-9-3-10-22-49)33-35-67(64)75(69)62-41-57(51-25-13-5-14-26-51)39-58(42-62)52-27-15-6-16-28-52/h5-8,13-20,25-50H,1,3-4,9-12,21-24H2,2H3/b38-37-,74-66+. The number of nitrogens with zero attached hydrogens (tertiary/aromatic N) is 4. The Morgan fingerprint density at radius 2 is 0.816 bits per heavy atom. The third kappa shape index (κ3) is 8.92. The number of allylic oxidation sites excluding steroid dienone is 1. The van der Waals surface area contributed by atoms with Crippen LogP contribution in [0.2, 0.25) is 0 Å². The number of benzene rings is 9. The van der Waals surface area contributed by atoms with Crippen molar-refractivity contribution in [2.75, 3.05) is 16.8 Å². The molecule has 2 aliphatic heterocycles. The summed E-state index contributed by atoms with van der Waals surface area (Å²) in [5.74, 6) is 1.08. The van der Waals surface area contributed by atoms with E-state index in [9.17, 15) is 0 Å². The molecule has 0 unspecified atom stereocenters. The molecule has 4 aliphatic rings. The Kier molecular flexibility index (Phi) is 13.0. The molecule has 2 aliphatic carbocycles. The van der Waals surface area contributed by atoms with E-state index in [0.29, 0.717) is 11.8 Å². The second kappa shape index (κ2) is 20.8. The molecule has 0 aromatic heterocycles. The van der Waals surface area contributed by atoms with Gasteiger partial charge in [-0.2, -0.15) is 0 Å². The number of hydrogen-bond donors (Lipinski definition) is 0. The molecule has 0 saturated heterocycles. The molecular weight excluding hydrogens is 920 g/mol. The molecule has 0 spiro atoms. The lowest BCUT2D eigenvalue weighted by atomic mass is 9.33. The molecule has 4 nitrogen and oxygen atoms in total. The Labute approximate surface area is 450 Å². The maximum absolute atomic E-state index is 4.99. The summed E-state index contributed by atoms with van der Waals surface area (Å²) in [6.07, 6.45) is 16.5. The normalized spacial score (nSPS) is 15.6. The second-order valence-electron chi connectivity index (χ2n) is 21.4. The third-order valence-corrected chi connectivity index (χ3v) is 16.9. The highest BCUT2D eigenvalue weighted by atomic mass is 15.2. The van der Waals surface area contributed by atoms with E-state index in [1.165, 1.54) is 148 Å². The van der Waals surface area contributed by atoms with E-state index in [0.717, 1.165) is 34.0 Å². The lowest BCUT2D eigenvalue weighted by Gasteiger charge is -2.45. The summed E-state index contributed by atoms with van der Waals surface area (Å²) in [6, 6.07) is 78.0. The minimum Gasteiger partial charge on any atom is -0.311 e. The van der Waals surface area contributed by atoms with E-state index < -0.39 is 0 Å². The van der Waals surface area contributed by atoms with Gasteiger partial charge < -0.3 is 9.80 Å². The molecule has 0 radical (unpaired) electrons. The Balaban J connectivity index is 1.15. The van der Waals surface area contributed by atoms with Crippen LogP contribution in [0.15, 0.2) is 229 Å². The van der Waals surface area contributed by atoms with Gasteiger partial charge in [0.15, 0.2) is 0 Å². The van der Waals surface area contributed by atoms with Gasteiger partial charge in [-0.1, -0.05) is 184 Å². The number of rotatable bonds is 11. The van der Waals surface area contributed by atoms with E-state index in [1.54, 1.807) is 6.20 Å². The predicted octanol–water partition coefficient (Wildman–Crippen LogP) is 17.2. The molecule has 0 bridgehead atoms. The Hall–Kier alpha value is -8.28. The van der Waals surface area contributed by atoms with Crippen molar-refractivity contribution in [1.82, 2.24) is 0 Å². The van der Waals surface area contributed by atoms with E-state index in [4.69, 9.17) is 4.99 Å². The molecule has 0 N–H and O–H groups in total. The Morgan fingerprint density at radius 3 is 1.17 bits per heavy atom. The molecule has 370 valence electrons. The average molecular weight is 983 g/mol. The zero-order valence-corrected chi connectivity index (χ0v) is 43.6. The van der Waals surface area contributed by atoms with Gasteiger partial charge in [0.1, 0.15) is 0 Å². The van der Waals surface area contributed by atoms with Crippen LogP contribution < -0.4 is 26.2 Å². The SMILES string of the molecule is C=N/C=C\C(=N/C)c1cc2c3c(c1)N(c1cc(-c4ccccc4)cc(-c4ccccc4)c1)c1ccc(C4CCCCC4)cc1B3c1cc(C3CCCCC3)ccc1N2c1cc(-c2ccccc2)cc(-c2ccccc2)c1. The van der Waals surface area contributed by atoms with Gasteiger partial charge in [0.05, 0.1) is 5.71 Å². The number of fused-ring (bicyclic) bond motifs is 4. The molecule has 76 heavy (non-hydrogen) atoms. The van der Waals surface area contributed by atoms with Crippen LogP contribution in [0.1, 0.15) is 92.7 Å². The van der Waals surface area contributed by atoms with E-state index >= 15 is 0 Å². The quantitative estimate of drug-likeness (QED) is 0.0955. The molecule has 2 saturated carbocycles. The summed E-state index contributed by atoms with van der Waals surface area (Å²) in [5, 5.41) is 0. The maximum Gasteiger partial charge on any atom is 0.252 e. The third-order valence-electron chi connectivity index (χ3n) is 16.9. The van der Waals surface area contributed by atoms with Gasteiger partial charge in [-0.15, -0.1) is 0 Å². The minimum absolute atomic E-state index is 0.0344. The van der Waals surface area contributed by atoms with Gasteiger partial charge in [-0.05, 0) is 183 Å². The summed E-state index contributed by atoms with van der Waals surface area (Å²) in [4.78, 5) is 14.4. The van der Waals surface area contributed by atoms with Crippen LogP contribution in [0.4, 0.5) is 34.1 Å². The summed E-state index contributed by atoms with van der Waals surface area (Å²) in [6.45, 7) is 3.81. The highest BCUT2D eigenvalue weighted by molar-refractivity contribution is 7.00. The van der Waals surface area contributed by atoms with Crippen LogP contribution in [0.25, 0.3) is 44.5 Å². The largest absolute Gasteiger partial charge is 0.311 e. The van der Waals surface area contributed by atoms with Gasteiger partial charge >= 0.3 is 0 Å². The first-order chi connectivity index (χ1) is 37.6. The van der Waals surface area contributed by atoms with Gasteiger partial charge in [0.25, 0.3) is 6.71 Å². The number of aliphatic imine (C=N–C) groups is 2. The van der Waals surface area contributed by atoms with Crippen LogP contribution in [0, 0.1) is 0 Å². The Morgan fingerprint density at radius 1 is 0.434 bits per heavy atom. The van der Waals surface area contributed by atoms with Crippen molar-refractivity contribution in [2.24, 2.45) is 9.98 Å². The van der Waals surface area contributed by atoms with Gasteiger partial charge in [0, 0.05) is 52.9 Å². The lowest BCUT2D eigenvalue weighted by molar-refractivity contribution is 0.444. The first-order valence-electron chi connectivity index (χ1n) is 27.8. The van der Waals surface area contributed by atoms with Crippen molar-refractivity contribution in [2.45, 2.75) is 76.0 Å². The smallest absolute Gasteiger partial charge is 0.252 e. The van der Waals surface area contributed by atoms with E-state index in [1.807, 2.05) is 13.1 Å². The van der Waals surface area contributed by atoms with Crippen molar-refractivity contribution >= 4 is 69.7 Å². The fourth-order valence-electron chi connectivity index (χ4n) is 13.2. The monoisotopic (exact) mass is 983 g/mol. The molecule has 9 aromatic carbocycles. The number of anilines is 6. The first-order valence-corrected chi connectivity index (χ1v) is 27.8. The summed E-state index contributed by atoms with van der Waals surface area (Å²) in [5.41, 5.74) is 25.3. The second-order valence-corrected chi connectivity index (χ2v) is 21.4. The molecule has 13 rings (SSSR count). The van der Waals surface area contributed by atoms with Crippen molar-refractivity contribution in [3.8, 4) is 44.5 Å². The minimum atomic E-state index is -0.0344. The molecule has 2 fully saturated rings. The van der Waals surface area contributed by atoms with Crippen LogP contribution in [0.5, 0.6) is 0 Å². The van der Waals surface area contributed by atoms with Gasteiger partial charge in [0.2, 0.25) is 0 Å². The highest BCUT2D eigenvalue weighted by Crippen LogP contribution is 2.49. The summed E-state index contributed by atoms with van der Waals surface area (Å²) in [7, 11) is 1.89. The van der Waals surface area contributed by atoms with E-state index in [2.05, 4.69) is 228 Å². The summed E-state index contributed by atoms with van der Waals surface area (Å²) >= 11 is 0. The summed E-state index contributed by atoms with van der Waals surface area (Å²) < 4.78 is 0. The fraction of sp³-hybridized carbons (Fsp3) is 0.183. The van der Waals surface area contributed by atoms with Crippen LogP contribution in [0.3, 0.4) is 0 Å². The lowest BCUT2D eigenvalue weighted by Crippen LogP contribution is -2.61. The Bertz CT molecular complexity index is 3310. The zero-order chi connectivity index (χ0) is 51.0. The average Bonchev–Trinajstić information content (AvgIpc) is 3.61. The molecule has 9 aromatic rings. The van der Waals surface area contributed by atoms with Gasteiger partial charge in [-0.3, -0.25) is 9.98 Å². The van der Waals surface area contributed by atoms with Crippen molar-refractivity contribution < 1.29 is 0 Å². The topological polar surface area (TPSA) is 31.2 Å². The highest BCUT2D eigenvalue weighted by Gasteiger charge is 2.45. The maximum atomic E-state index is 4.99. The fourth-order valence-corrected chi connectivity index (χ4v) is 13.2. The van der Waals surface area contributed by atoms with Crippen molar-refractivity contribution in [3.63, 3.8) is 0 Å². The number of hydrogen-bond acceptors (Lipinski definition) is 4. The molecule has 5 heteroatoms. The molecule has 0 atom stereocenters. The van der Waals surface area contributed by atoms with Crippen molar-refractivity contribution in [1.29, 1.82) is 0 Å². The van der Waals surface area contributed by atoms with Crippen molar-refractivity contribution in [3.05, 3.63) is 235 Å². The first kappa shape index (κ1) is 47.4. The molecular formula is C71H63BN4. The zero-order valence-electron chi connectivity index (χ0n) is 43.6. The van der Waals surface area contributed by atoms with Crippen LogP contribution >= 0.6 is 0 Å². The predicted molar refractivity (Wildman–Crippen MR) is 325 cm³/mol.